The molecule has 0 bridgehead atoms. The van der Waals surface area contributed by atoms with Gasteiger partial charge in [0.2, 0.25) is 5.88 Å². The third kappa shape index (κ3) is 4.46. The smallest absolute Gasteiger partial charge is 0.410 e. The SMILES string of the molecule is COc1cnc(Br)c(N2CCN(C(=O)OC(C)(C)C)[C@H](C)C2)n1. The van der Waals surface area contributed by atoms with E-state index in [0.29, 0.717) is 30.1 Å². The monoisotopic (exact) mass is 386 g/mol. The maximum atomic E-state index is 12.3. The molecule has 0 unspecified atom stereocenters. The van der Waals surface area contributed by atoms with E-state index in [2.05, 4.69) is 30.8 Å². The van der Waals surface area contributed by atoms with E-state index < -0.39 is 5.60 Å². The van der Waals surface area contributed by atoms with E-state index in [0.717, 1.165) is 5.82 Å². The van der Waals surface area contributed by atoms with Gasteiger partial charge < -0.3 is 19.3 Å². The van der Waals surface area contributed by atoms with Gasteiger partial charge in [-0.1, -0.05) is 0 Å². The number of methoxy groups -OCH3 is 1. The van der Waals surface area contributed by atoms with Crippen molar-refractivity contribution >= 4 is 27.8 Å². The number of aromatic nitrogens is 2. The second kappa shape index (κ2) is 6.90. The molecular formula is C15H23BrN4O3. The molecular weight excluding hydrogens is 364 g/mol. The van der Waals surface area contributed by atoms with E-state index in [1.165, 1.54) is 0 Å². The number of piperazine rings is 1. The van der Waals surface area contributed by atoms with Crippen LogP contribution in [0.25, 0.3) is 0 Å². The summed E-state index contributed by atoms with van der Waals surface area (Å²) in [5, 5.41) is 0. The number of carbonyl (C=O) groups excluding carboxylic acids is 1. The first kappa shape index (κ1) is 17.8. The molecule has 1 aliphatic rings. The third-order valence-electron chi connectivity index (χ3n) is 3.45. The van der Waals surface area contributed by atoms with Crippen molar-refractivity contribution in [3.8, 4) is 5.88 Å². The Morgan fingerprint density at radius 3 is 2.65 bits per heavy atom. The number of rotatable bonds is 2. The fourth-order valence-corrected chi connectivity index (χ4v) is 2.83. The maximum Gasteiger partial charge on any atom is 0.410 e. The molecule has 0 aromatic carbocycles. The first-order chi connectivity index (χ1) is 10.7. The average molecular weight is 387 g/mol. The number of hydrogen-bond acceptors (Lipinski definition) is 6. The molecule has 0 aliphatic carbocycles. The van der Waals surface area contributed by atoms with Crippen LogP contribution in [0.4, 0.5) is 10.6 Å². The first-order valence-electron chi connectivity index (χ1n) is 7.52. The maximum absolute atomic E-state index is 12.3. The summed E-state index contributed by atoms with van der Waals surface area (Å²) in [6.07, 6.45) is 1.29. The van der Waals surface area contributed by atoms with Gasteiger partial charge >= 0.3 is 6.09 Å². The molecule has 0 saturated carbocycles. The van der Waals surface area contributed by atoms with Crippen molar-refractivity contribution in [1.29, 1.82) is 0 Å². The van der Waals surface area contributed by atoms with Crippen molar-refractivity contribution < 1.29 is 14.3 Å². The minimum absolute atomic E-state index is 0.0125. The van der Waals surface area contributed by atoms with Crippen LogP contribution in [-0.4, -0.2) is 59.3 Å². The summed E-state index contributed by atoms with van der Waals surface area (Å²) in [6.45, 7) is 9.49. The number of hydrogen-bond donors (Lipinski definition) is 0. The molecule has 0 radical (unpaired) electrons. The molecule has 1 atom stereocenters. The van der Waals surface area contributed by atoms with Crippen LogP contribution in [0.2, 0.25) is 0 Å². The summed E-state index contributed by atoms with van der Waals surface area (Å²) in [7, 11) is 1.56. The summed E-state index contributed by atoms with van der Waals surface area (Å²) in [5.41, 5.74) is -0.491. The highest BCUT2D eigenvalue weighted by molar-refractivity contribution is 9.10. The second-order valence-corrected chi connectivity index (χ2v) is 7.25. The van der Waals surface area contributed by atoms with Crippen LogP contribution in [0, 0.1) is 0 Å². The molecule has 23 heavy (non-hydrogen) atoms. The molecule has 1 aliphatic heterocycles. The van der Waals surface area contributed by atoms with E-state index in [1.807, 2.05) is 27.7 Å². The lowest BCUT2D eigenvalue weighted by molar-refractivity contribution is 0.0158. The molecule has 128 valence electrons. The predicted molar refractivity (Wildman–Crippen MR) is 90.9 cm³/mol. The molecule has 1 aromatic heterocycles. The summed E-state index contributed by atoms with van der Waals surface area (Å²) in [4.78, 5) is 24.8. The van der Waals surface area contributed by atoms with Gasteiger partial charge in [0, 0.05) is 25.7 Å². The zero-order valence-corrected chi connectivity index (χ0v) is 15.8. The number of carbonyl (C=O) groups is 1. The molecule has 8 heteroatoms. The number of amides is 1. The van der Waals surface area contributed by atoms with Crippen molar-refractivity contribution in [3.63, 3.8) is 0 Å². The molecule has 1 amide bonds. The quantitative estimate of drug-likeness (QED) is 0.778. The van der Waals surface area contributed by atoms with Crippen molar-refractivity contribution in [1.82, 2.24) is 14.9 Å². The lowest BCUT2D eigenvalue weighted by Gasteiger charge is -2.40. The number of ether oxygens (including phenoxy) is 2. The van der Waals surface area contributed by atoms with E-state index in [-0.39, 0.29) is 12.1 Å². The summed E-state index contributed by atoms with van der Waals surface area (Å²) in [6, 6.07) is 0.0125. The van der Waals surface area contributed by atoms with Gasteiger partial charge in [-0.05, 0) is 43.6 Å². The van der Waals surface area contributed by atoms with Gasteiger partial charge in [-0.3, -0.25) is 0 Å². The summed E-state index contributed by atoms with van der Waals surface area (Å²) >= 11 is 3.42. The summed E-state index contributed by atoms with van der Waals surface area (Å²) in [5.74, 6) is 1.19. The van der Waals surface area contributed by atoms with Crippen LogP contribution in [0.1, 0.15) is 27.7 Å². The van der Waals surface area contributed by atoms with Crippen LogP contribution < -0.4 is 9.64 Å². The van der Waals surface area contributed by atoms with Crippen molar-refractivity contribution in [2.75, 3.05) is 31.6 Å². The van der Waals surface area contributed by atoms with Crippen molar-refractivity contribution in [2.24, 2.45) is 0 Å². The van der Waals surface area contributed by atoms with Crippen LogP contribution in [0.5, 0.6) is 5.88 Å². The van der Waals surface area contributed by atoms with Gasteiger partial charge in [-0.2, -0.15) is 4.98 Å². The standard InChI is InChI=1S/C15H23BrN4O3/c1-10-9-19(13-12(16)17-8-11(18-13)22-5)6-7-20(10)14(21)23-15(2,3)4/h8,10H,6-7,9H2,1-5H3/t10-/m1/s1. The molecule has 7 nitrogen and oxygen atoms in total. The van der Waals surface area contributed by atoms with Crippen LogP contribution in [-0.2, 0) is 4.74 Å². The number of anilines is 1. The Morgan fingerprint density at radius 2 is 2.09 bits per heavy atom. The highest BCUT2D eigenvalue weighted by Gasteiger charge is 2.32. The van der Waals surface area contributed by atoms with Gasteiger partial charge in [-0.25, -0.2) is 9.78 Å². The van der Waals surface area contributed by atoms with E-state index >= 15 is 0 Å². The second-order valence-electron chi connectivity index (χ2n) is 6.50. The first-order valence-corrected chi connectivity index (χ1v) is 8.31. The molecule has 1 saturated heterocycles. The molecule has 1 fully saturated rings. The Balaban J connectivity index is 2.08. The highest BCUT2D eigenvalue weighted by Crippen LogP contribution is 2.26. The Labute approximate surface area is 145 Å². The average Bonchev–Trinajstić information content (AvgIpc) is 2.45. The van der Waals surface area contributed by atoms with Gasteiger partial charge in [0.25, 0.3) is 0 Å². The Morgan fingerprint density at radius 1 is 1.39 bits per heavy atom. The van der Waals surface area contributed by atoms with Gasteiger partial charge in [0.15, 0.2) is 5.82 Å². The van der Waals surface area contributed by atoms with Gasteiger partial charge in [-0.15, -0.1) is 0 Å². The minimum atomic E-state index is -0.491. The lowest BCUT2D eigenvalue weighted by atomic mass is 10.2. The zero-order chi connectivity index (χ0) is 17.2. The van der Waals surface area contributed by atoms with E-state index in [4.69, 9.17) is 9.47 Å². The van der Waals surface area contributed by atoms with Crippen molar-refractivity contribution in [3.05, 3.63) is 10.8 Å². The number of halogens is 1. The van der Waals surface area contributed by atoms with Crippen molar-refractivity contribution in [2.45, 2.75) is 39.3 Å². The Kier molecular flexibility index (Phi) is 5.33. The normalized spacial score (nSPS) is 18.8. The van der Waals surface area contributed by atoms with Crippen LogP contribution in [0.15, 0.2) is 10.8 Å². The lowest BCUT2D eigenvalue weighted by Crippen LogP contribution is -2.55. The van der Waals surface area contributed by atoms with E-state index in [9.17, 15) is 4.79 Å². The Hall–Kier alpha value is -1.57. The molecule has 1 aromatic rings. The largest absolute Gasteiger partial charge is 0.480 e. The fraction of sp³-hybridized carbons (Fsp3) is 0.667. The molecule has 2 heterocycles. The minimum Gasteiger partial charge on any atom is -0.480 e. The fourth-order valence-electron chi connectivity index (χ4n) is 2.39. The topological polar surface area (TPSA) is 67.8 Å². The van der Waals surface area contributed by atoms with Crippen LogP contribution in [0.3, 0.4) is 0 Å². The predicted octanol–water partition coefficient (Wildman–Crippen LogP) is 2.69. The van der Waals surface area contributed by atoms with Gasteiger partial charge in [0.1, 0.15) is 10.2 Å². The van der Waals surface area contributed by atoms with Crippen LogP contribution >= 0.6 is 15.9 Å². The Bertz CT molecular complexity index is 576. The third-order valence-corrected chi connectivity index (χ3v) is 4.01. The molecule has 0 spiro atoms. The number of nitrogens with zero attached hydrogens (tertiary/aromatic N) is 4. The molecule has 2 rings (SSSR count). The van der Waals surface area contributed by atoms with E-state index in [1.54, 1.807) is 18.2 Å². The molecule has 0 N–H and O–H groups in total. The highest BCUT2D eigenvalue weighted by atomic mass is 79.9. The zero-order valence-electron chi connectivity index (χ0n) is 14.2. The summed E-state index contributed by atoms with van der Waals surface area (Å²) < 4.78 is 11.3. The van der Waals surface area contributed by atoms with Gasteiger partial charge in [0.05, 0.1) is 13.3 Å².